The summed E-state index contributed by atoms with van der Waals surface area (Å²) in [6.07, 6.45) is 6.39. The highest BCUT2D eigenvalue weighted by Crippen LogP contribution is 2.26. The van der Waals surface area contributed by atoms with E-state index in [-0.39, 0.29) is 6.10 Å². The largest absolute Gasteiger partial charge is 0.393 e. The predicted molar refractivity (Wildman–Crippen MR) is 56.0 cm³/mol. The van der Waals surface area contributed by atoms with Crippen molar-refractivity contribution < 1.29 is 5.11 Å². The number of allylic oxidation sites excluding steroid dienone is 1. The fourth-order valence-corrected chi connectivity index (χ4v) is 3.61. The standard InChI is InChI=1S/C10H20OSi/c1-12(2,3)8-9-6-4-5-7-10(9)11/h4,6,9-11H,5,7-8H2,1-3H3. The maximum Gasteiger partial charge on any atom is 0.0603 e. The molecule has 12 heavy (non-hydrogen) atoms. The molecular formula is C10H20OSi. The zero-order valence-corrected chi connectivity index (χ0v) is 9.38. The van der Waals surface area contributed by atoms with Gasteiger partial charge in [0.25, 0.3) is 0 Å². The van der Waals surface area contributed by atoms with Crippen molar-refractivity contribution in [1.82, 2.24) is 0 Å². The first-order valence-electron chi connectivity index (χ1n) is 4.84. The average molecular weight is 184 g/mol. The lowest BCUT2D eigenvalue weighted by Crippen LogP contribution is -2.30. The Morgan fingerprint density at radius 3 is 2.58 bits per heavy atom. The van der Waals surface area contributed by atoms with Crippen molar-refractivity contribution in [3.63, 3.8) is 0 Å². The quantitative estimate of drug-likeness (QED) is 0.517. The molecule has 0 saturated heterocycles. The summed E-state index contributed by atoms with van der Waals surface area (Å²) in [6.45, 7) is 7.09. The predicted octanol–water partition coefficient (Wildman–Crippen LogP) is 2.65. The molecule has 1 aliphatic carbocycles. The fraction of sp³-hybridized carbons (Fsp3) is 0.800. The topological polar surface area (TPSA) is 20.2 Å². The van der Waals surface area contributed by atoms with Crippen LogP contribution in [-0.4, -0.2) is 19.3 Å². The highest BCUT2D eigenvalue weighted by Gasteiger charge is 2.25. The summed E-state index contributed by atoms with van der Waals surface area (Å²) >= 11 is 0. The van der Waals surface area contributed by atoms with E-state index in [1.54, 1.807) is 0 Å². The molecule has 0 bridgehead atoms. The molecule has 1 nitrogen and oxygen atoms in total. The monoisotopic (exact) mass is 184 g/mol. The van der Waals surface area contributed by atoms with E-state index in [0.717, 1.165) is 12.8 Å². The van der Waals surface area contributed by atoms with Crippen LogP contribution in [0.5, 0.6) is 0 Å². The van der Waals surface area contributed by atoms with Crippen LogP contribution in [0.25, 0.3) is 0 Å². The summed E-state index contributed by atoms with van der Waals surface area (Å²) < 4.78 is 0. The molecule has 0 radical (unpaired) electrons. The van der Waals surface area contributed by atoms with Crippen LogP contribution in [0.1, 0.15) is 12.8 Å². The fourth-order valence-electron chi connectivity index (χ4n) is 1.79. The van der Waals surface area contributed by atoms with Gasteiger partial charge >= 0.3 is 0 Å². The Bertz CT molecular complexity index is 169. The molecule has 2 unspecified atom stereocenters. The first kappa shape index (κ1) is 10.0. The van der Waals surface area contributed by atoms with Crippen molar-refractivity contribution in [1.29, 1.82) is 0 Å². The lowest BCUT2D eigenvalue weighted by Gasteiger charge is -2.28. The zero-order valence-electron chi connectivity index (χ0n) is 8.38. The van der Waals surface area contributed by atoms with Crippen LogP contribution in [0.3, 0.4) is 0 Å². The lowest BCUT2D eigenvalue weighted by molar-refractivity contribution is 0.123. The Hall–Kier alpha value is -0.0831. The number of rotatable bonds is 2. The number of aliphatic hydroxyl groups excluding tert-OH is 1. The van der Waals surface area contributed by atoms with Crippen molar-refractivity contribution in [3.05, 3.63) is 12.2 Å². The number of hydrogen-bond donors (Lipinski definition) is 1. The Balaban J connectivity index is 2.50. The highest BCUT2D eigenvalue weighted by molar-refractivity contribution is 6.76. The van der Waals surface area contributed by atoms with Crippen molar-refractivity contribution in [2.45, 2.75) is 44.6 Å². The van der Waals surface area contributed by atoms with Gasteiger partial charge in [-0.25, -0.2) is 0 Å². The van der Waals surface area contributed by atoms with Gasteiger partial charge in [0.2, 0.25) is 0 Å². The van der Waals surface area contributed by atoms with E-state index >= 15 is 0 Å². The second kappa shape index (κ2) is 3.75. The summed E-state index contributed by atoms with van der Waals surface area (Å²) in [4.78, 5) is 0. The molecule has 1 aliphatic rings. The molecule has 0 aliphatic heterocycles. The second-order valence-electron chi connectivity index (χ2n) is 5.00. The smallest absolute Gasteiger partial charge is 0.0603 e. The molecule has 2 atom stereocenters. The van der Waals surface area contributed by atoms with Crippen LogP contribution in [-0.2, 0) is 0 Å². The van der Waals surface area contributed by atoms with Crippen LogP contribution in [0.15, 0.2) is 12.2 Å². The van der Waals surface area contributed by atoms with E-state index in [2.05, 4.69) is 31.8 Å². The van der Waals surface area contributed by atoms with Crippen molar-refractivity contribution in [3.8, 4) is 0 Å². The lowest BCUT2D eigenvalue weighted by atomic mass is 9.94. The SMILES string of the molecule is C[Si](C)(C)CC1C=CCCC1O. The molecular weight excluding hydrogens is 164 g/mol. The minimum atomic E-state index is -0.998. The first-order valence-corrected chi connectivity index (χ1v) is 8.54. The molecule has 0 saturated carbocycles. The van der Waals surface area contributed by atoms with Crippen LogP contribution in [0.2, 0.25) is 25.7 Å². The summed E-state index contributed by atoms with van der Waals surface area (Å²) in [5.74, 6) is 0.449. The second-order valence-corrected chi connectivity index (χ2v) is 10.5. The van der Waals surface area contributed by atoms with Crippen LogP contribution < -0.4 is 0 Å². The van der Waals surface area contributed by atoms with Gasteiger partial charge in [0, 0.05) is 14.0 Å². The van der Waals surface area contributed by atoms with Crippen molar-refractivity contribution in [2.75, 3.05) is 0 Å². The van der Waals surface area contributed by atoms with Gasteiger partial charge in [-0.2, -0.15) is 0 Å². The maximum absolute atomic E-state index is 9.70. The molecule has 0 heterocycles. The van der Waals surface area contributed by atoms with Gasteiger partial charge in [-0.05, 0) is 18.9 Å². The van der Waals surface area contributed by atoms with E-state index in [0.29, 0.717) is 5.92 Å². The molecule has 0 aromatic carbocycles. The van der Waals surface area contributed by atoms with Gasteiger partial charge in [0.1, 0.15) is 0 Å². The van der Waals surface area contributed by atoms with Gasteiger partial charge in [-0.15, -0.1) is 0 Å². The molecule has 0 fully saturated rings. The van der Waals surface area contributed by atoms with Gasteiger partial charge in [-0.1, -0.05) is 31.8 Å². The van der Waals surface area contributed by atoms with Gasteiger partial charge in [0.15, 0.2) is 0 Å². The third-order valence-electron chi connectivity index (χ3n) is 2.35. The summed E-state index contributed by atoms with van der Waals surface area (Å²) in [7, 11) is -0.998. The van der Waals surface area contributed by atoms with Gasteiger partial charge < -0.3 is 5.11 Å². The Labute approximate surface area is 76.5 Å². The number of aliphatic hydroxyl groups is 1. The van der Waals surface area contributed by atoms with Gasteiger partial charge in [0.05, 0.1) is 6.10 Å². The minimum Gasteiger partial charge on any atom is -0.393 e. The zero-order chi connectivity index (χ0) is 9.19. The normalized spacial score (nSPS) is 30.7. The van der Waals surface area contributed by atoms with Crippen LogP contribution >= 0.6 is 0 Å². The Morgan fingerprint density at radius 2 is 2.08 bits per heavy atom. The molecule has 1 N–H and O–H groups in total. The van der Waals surface area contributed by atoms with E-state index < -0.39 is 8.07 Å². The van der Waals surface area contributed by atoms with E-state index in [1.807, 2.05) is 0 Å². The number of hydrogen-bond acceptors (Lipinski definition) is 1. The average Bonchev–Trinajstić information content (AvgIpc) is 1.91. The van der Waals surface area contributed by atoms with E-state index in [9.17, 15) is 5.11 Å². The Kier molecular flexibility index (Phi) is 3.13. The molecule has 2 heteroatoms. The maximum atomic E-state index is 9.70. The van der Waals surface area contributed by atoms with Crippen LogP contribution in [0.4, 0.5) is 0 Å². The van der Waals surface area contributed by atoms with E-state index in [4.69, 9.17) is 0 Å². The molecule has 0 aromatic rings. The molecule has 1 rings (SSSR count). The summed E-state index contributed by atoms with van der Waals surface area (Å²) in [5.41, 5.74) is 0. The molecule has 0 amide bonds. The summed E-state index contributed by atoms with van der Waals surface area (Å²) in [6, 6.07) is 1.23. The third-order valence-corrected chi connectivity index (χ3v) is 4.05. The molecule has 70 valence electrons. The van der Waals surface area contributed by atoms with Crippen LogP contribution in [0, 0.1) is 5.92 Å². The molecule has 0 spiro atoms. The van der Waals surface area contributed by atoms with Crippen molar-refractivity contribution in [2.24, 2.45) is 5.92 Å². The highest BCUT2D eigenvalue weighted by atomic mass is 28.3. The summed E-state index contributed by atoms with van der Waals surface area (Å²) in [5, 5.41) is 9.70. The first-order chi connectivity index (χ1) is 5.49. The van der Waals surface area contributed by atoms with Gasteiger partial charge in [-0.3, -0.25) is 0 Å². The minimum absolute atomic E-state index is 0.0678. The molecule has 0 aromatic heterocycles. The third kappa shape index (κ3) is 3.11. The Morgan fingerprint density at radius 1 is 1.42 bits per heavy atom. The van der Waals surface area contributed by atoms with Crippen molar-refractivity contribution >= 4 is 8.07 Å². The van der Waals surface area contributed by atoms with E-state index in [1.165, 1.54) is 6.04 Å².